The van der Waals surface area contributed by atoms with E-state index in [1.165, 1.54) is 151 Å². The Labute approximate surface area is 749 Å². The maximum absolute atomic E-state index is 10.0. The summed E-state index contributed by atoms with van der Waals surface area (Å²) in [7, 11) is 0. The van der Waals surface area contributed by atoms with Crippen LogP contribution in [0.4, 0.5) is 0 Å². The van der Waals surface area contributed by atoms with Gasteiger partial charge in [-0.05, 0) is 192 Å². The zero-order chi connectivity index (χ0) is 83.6. The van der Waals surface area contributed by atoms with Crippen LogP contribution in [0.5, 0.6) is 0 Å². The molecule has 8 aromatic carbocycles. The van der Waals surface area contributed by atoms with Gasteiger partial charge in [-0.2, -0.15) is 0 Å². The second kappa shape index (κ2) is 53.8. The van der Waals surface area contributed by atoms with Gasteiger partial charge in [0, 0.05) is 116 Å². The van der Waals surface area contributed by atoms with Gasteiger partial charge in [-0.1, -0.05) is 185 Å². The molecule has 12 aromatic rings. The Morgan fingerprint density at radius 1 is 0.393 bits per heavy atom. The molecule has 0 amide bonds. The number of rotatable bonds is 15. The molecule has 0 fully saturated rings. The van der Waals surface area contributed by atoms with Crippen LogP contribution in [0.3, 0.4) is 0 Å². The predicted molar refractivity (Wildman–Crippen MR) is 469 cm³/mol. The first kappa shape index (κ1) is 106. The molecule has 16 heteroatoms. The Morgan fingerprint density at radius 3 is 1.20 bits per heavy atom. The average Bonchev–Trinajstić information content (AvgIpc) is 0.814. The molecular formula is C101H112Ir4N4O8-4. The number of carbonyl (C=O) groups is 4. The van der Waals surface area contributed by atoms with E-state index in [0.29, 0.717) is 11.8 Å². The van der Waals surface area contributed by atoms with Crippen molar-refractivity contribution in [3.8, 4) is 56.2 Å². The molecule has 0 bridgehead atoms. The summed E-state index contributed by atoms with van der Waals surface area (Å²) in [4.78, 5) is 59.1. The van der Waals surface area contributed by atoms with E-state index in [-0.39, 0.29) is 127 Å². The van der Waals surface area contributed by atoms with Gasteiger partial charge in [0.05, 0.1) is 39.6 Å². The molecule has 12 nitrogen and oxygen atoms in total. The number of ketones is 4. The second-order valence-electron chi connectivity index (χ2n) is 29.4. The number of nitrogens with zero attached hydrogens (tertiary/aromatic N) is 4. The normalized spacial score (nSPS) is 10.8. The molecule has 0 atom stereocenters. The summed E-state index contributed by atoms with van der Waals surface area (Å²) >= 11 is 0. The number of fused-ring (bicyclic) bond motifs is 3. The number of aliphatic hydroxyl groups is 4. The first-order valence-corrected chi connectivity index (χ1v) is 38.2. The summed E-state index contributed by atoms with van der Waals surface area (Å²) in [5.74, 6) is 1.06. The topological polar surface area (TPSA) is 201 Å². The molecular weight excluding hydrogens is 2170 g/mol. The molecule has 0 saturated carbocycles. The van der Waals surface area contributed by atoms with Crippen LogP contribution in [-0.2, 0) is 119 Å². The SMILES string of the molecule is CC(=O)C=C(C)O.CC(=O)C=C(C)O.CC(=O)C=C(C)O.CC(=O)C=C(C)O.CCCc1ccc2ccc(-c3[c-]c(C)cc(C)c3)nc2c1.Cc1[c-]c(-c2ccc3c(CC(C)C)cccc3n2)cc(C)c1.Cc1[c-]c(-c2ccc3ccc(CC(C)C)cc3n2)cc(C)c1.Cc1ccc(-c2ccnc(-c3[c-]cccc3)c2)c(C)c1.[Ir].[Ir].[Ir].[Ir]. The summed E-state index contributed by atoms with van der Waals surface area (Å²) < 4.78 is 0. The smallest absolute Gasteiger partial charge is 0.155 e. The Kier molecular flexibility index (Phi) is 48.6. The van der Waals surface area contributed by atoms with Crippen molar-refractivity contribution < 1.29 is 120 Å². The summed E-state index contributed by atoms with van der Waals surface area (Å²) in [6, 6.07) is 77.5. The van der Waals surface area contributed by atoms with Crippen molar-refractivity contribution in [2.45, 2.75) is 171 Å². The first-order valence-electron chi connectivity index (χ1n) is 38.2. The number of hydrogen-bond acceptors (Lipinski definition) is 12. The molecule has 12 rings (SSSR count). The summed E-state index contributed by atoms with van der Waals surface area (Å²) in [5, 5.41) is 37.1. The number of allylic oxidation sites excluding steroid dienone is 8. The first-order chi connectivity index (χ1) is 53.4. The van der Waals surface area contributed by atoms with Crippen molar-refractivity contribution in [3.63, 3.8) is 0 Å². The Bertz CT molecular complexity index is 5110. The number of benzene rings is 8. The Balaban J connectivity index is 0.000000696. The maximum atomic E-state index is 10.0. The van der Waals surface area contributed by atoms with Crippen LogP contribution in [0.2, 0.25) is 0 Å². The molecule has 0 spiro atoms. The van der Waals surface area contributed by atoms with Gasteiger partial charge in [-0.15, -0.1) is 141 Å². The van der Waals surface area contributed by atoms with Gasteiger partial charge in [0.1, 0.15) is 0 Å². The van der Waals surface area contributed by atoms with E-state index in [1.54, 1.807) is 0 Å². The minimum Gasteiger partial charge on any atom is -0.512 e. The molecule has 4 heterocycles. The third-order valence-corrected chi connectivity index (χ3v) is 16.5. The monoisotopic (exact) mass is 2280 g/mol. The van der Waals surface area contributed by atoms with Gasteiger partial charge in [0.25, 0.3) is 0 Å². The summed E-state index contributed by atoms with van der Waals surface area (Å²) in [6.45, 7) is 39.5. The number of aromatic nitrogens is 4. The predicted octanol–water partition coefficient (Wildman–Crippen LogP) is 25.3. The van der Waals surface area contributed by atoms with Crippen LogP contribution in [0, 0.1) is 91.5 Å². The van der Waals surface area contributed by atoms with Crippen molar-refractivity contribution in [3.05, 3.63) is 321 Å². The van der Waals surface area contributed by atoms with E-state index < -0.39 is 0 Å². The van der Waals surface area contributed by atoms with Gasteiger partial charge in [-0.25, -0.2) is 0 Å². The maximum Gasteiger partial charge on any atom is 0.155 e. The van der Waals surface area contributed by atoms with Crippen molar-refractivity contribution >= 4 is 55.8 Å². The second-order valence-corrected chi connectivity index (χ2v) is 29.4. The van der Waals surface area contributed by atoms with Crippen LogP contribution < -0.4 is 0 Å². The van der Waals surface area contributed by atoms with Crippen molar-refractivity contribution in [1.82, 2.24) is 19.9 Å². The summed E-state index contributed by atoms with van der Waals surface area (Å²) in [5.41, 5.74) is 27.8. The molecule has 4 N–H and O–H groups in total. The molecule has 117 heavy (non-hydrogen) atoms. The van der Waals surface area contributed by atoms with E-state index in [0.717, 1.165) is 104 Å². The van der Waals surface area contributed by atoms with E-state index in [9.17, 15) is 19.2 Å². The Morgan fingerprint density at radius 2 is 0.812 bits per heavy atom. The van der Waals surface area contributed by atoms with Gasteiger partial charge >= 0.3 is 0 Å². The van der Waals surface area contributed by atoms with E-state index >= 15 is 0 Å². The molecule has 0 aliphatic heterocycles. The molecule has 4 aromatic heterocycles. The van der Waals surface area contributed by atoms with E-state index in [2.05, 4.69) is 277 Å². The standard InChI is InChI=1S/2C21H22N.C20H20N.C19H16N.4C5H8O2.4Ir/c1-14(2)9-17-5-6-18-7-8-20(22-21(18)13-17)19-11-15(3)10-16(4)12-19;1-14(2)10-17-6-5-7-21-19(17)8-9-20(22-21)18-12-15(3)11-16(4)13-18;1-4-5-16-6-7-17-8-9-19(21-20(17)13-16)18-11-14(2)10-15(3)12-18;1-14-8-9-18(15(2)12-14)17-10-11-20-19(13-17)16-6-4-3-5-7-16;4*1-4(6)3-5(2)7;;;;/h5-8,10-11,13-14H,9H2,1-4H3;5-9,11-12,14H,10H2,1-4H3;6-11,13H,4-5H2,1-3H3;3-6,8-13H,1-2H3;4*3,6H,1-2H3;;;;/q4*-1;;;;;;;;. The van der Waals surface area contributed by atoms with E-state index in [4.69, 9.17) is 35.4 Å². The van der Waals surface area contributed by atoms with Crippen molar-refractivity contribution in [1.29, 1.82) is 0 Å². The zero-order valence-electron chi connectivity index (χ0n) is 71.2. The minimum atomic E-state index is -0.125. The third-order valence-electron chi connectivity index (χ3n) is 16.5. The number of aliphatic hydroxyl groups excluding tert-OH is 4. The van der Waals surface area contributed by atoms with Gasteiger partial charge in [0.2, 0.25) is 0 Å². The van der Waals surface area contributed by atoms with Crippen LogP contribution >= 0.6 is 0 Å². The molecule has 0 aliphatic rings. The number of hydrogen-bond donors (Lipinski definition) is 4. The molecule has 0 unspecified atom stereocenters. The largest absolute Gasteiger partial charge is 0.512 e. The molecule has 0 saturated heterocycles. The average molecular weight is 2280 g/mol. The van der Waals surface area contributed by atoms with Gasteiger partial charge < -0.3 is 25.4 Å². The fraction of sp³-hybridized carbons (Fsp3) is 0.267. The van der Waals surface area contributed by atoms with Crippen molar-refractivity contribution in [2.24, 2.45) is 11.8 Å². The van der Waals surface area contributed by atoms with Crippen LogP contribution in [-0.4, -0.2) is 63.5 Å². The van der Waals surface area contributed by atoms with Crippen LogP contribution in [0.1, 0.15) is 158 Å². The minimum absolute atomic E-state index is 0. The molecule has 4 radical (unpaired) electrons. The molecule has 0 aliphatic carbocycles. The van der Waals surface area contributed by atoms with Crippen LogP contribution in [0.25, 0.3) is 88.9 Å². The number of pyridine rings is 4. The fourth-order valence-corrected chi connectivity index (χ4v) is 12.4. The molecule has 624 valence electrons. The van der Waals surface area contributed by atoms with Gasteiger partial charge in [0.15, 0.2) is 23.1 Å². The number of carbonyl (C=O) groups excluding carboxylic acids is 4. The van der Waals surface area contributed by atoms with Crippen LogP contribution in [0.15, 0.2) is 236 Å². The van der Waals surface area contributed by atoms with Crippen molar-refractivity contribution in [2.75, 3.05) is 0 Å². The number of aryl methyl sites for hydroxylation is 9. The van der Waals surface area contributed by atoms with E-state index in [1.807, 2.05) is 30.5 Å². The van der Waals surface area contributed by atoms with Gasteiger partial charge in [-0.3, -0.25) is 34.1 Å². The fourth-order valence-electron chi connectivity index (χ4n) is 12.4. The third kappa shape index (κ3) is 39.6. The quantitative estimate of drug-likeness (QED) is 0.0431. The summed E-state index contributed by atoms with van der Waals surface area (Å²) in [6.07, 6.45) is 11.0. The Hall–Kier alpha value is -9.42. The zero-order valence-corrected chi connectivity index (χ0v) is 80.8.